The number of hydrogen-bond acceptors (Lipinski definition) is 3. The average molecular weight is 326 g/mol. The first-order valence-corrected chi connectivity index (χ1v) is 9.17. The van der Waals surface area contributed by atoms with Gasteiger partial charge in [0.25, 0.3) is 0 Å². The number of sulfonamides is 1. The van der Waals surface area contributed by atoms with Crippen molar-refractivity contribution in [1.82, 2.24) is 4.72 Å². The summed E-state index contributed by atoms with van der Waals surface area (Å²) >= 11 is 5.09. The molecule has 1 unspecified atom stereocenters. The van der Waals surface area contributed by atoms with Crippen molar-refractivity contribution in [3.05, 3.63) is 29.8 Å². The third-order valence-corrected chi connectivity index (χ3v) is 5.70. The minimum absolute atomic E-state index is 0.204. The zero-order valence-electron chi connectivity index (χ0n) is 12.2. The highest BCUT2D eigenvalue weighted by Crippen LogP contribution is 2.27. The molecule has 2 rings (SSSR count). The second-order valence-corrected chi connectivity index (χ2v) is 7.90. The van der Waals surface area contributed by atoms with Gasteiger partial charge in [0.15, 0.2) is 0 Å². The van der Waals surface area contributed by atoms with Crippen molar-refractivity contribution >= 4 is 27.2 Å². The van der Waals surface area contributed by atoms with Crippen LogP contribution in [-0.2, 0) is 10.0 Å². The predicted octanol–water partition coefficient (Wildman–Crippen LogP) is 2.51. The van der Waals surface area contributed by atoms with Crippen molar-refractivity contribution in [2.24, 2.45) is 11.7 Å². The molecule has 0 bridgehead atoms. The first-order valence-electron chi connectivity index (χ1n) is 7.28. The Hall–Kier alpha value is -0.980. The summed E-state index contributed by atoms with van der Waals surface area (Å²) in [7, 11) is -3.59. The first kappa shape index (κ1) is 16.4. The van der Waals surface area contributed by atoms with Gasteiger partial charge in [-0.3, -0.25) is 0 Å². The number of thiocarbonyl (C=S) groups is 1. The molecule has 4 nitrogen and oxygen atoms in total. The summed E-state index contributed by atoms with van der Waals surface area (Å²) in [6.07, 6.45) is 5.35. The summed E-state index contributed by atoms with van der Waals surface area (Å²) in [5.41, 5.74) is 6.69. The Morgan fingerprint density at radius 3 is 2.57 bits per heavy atom. The smallest absolute Gasteiger partial charge is 0.241 e. The second kappa shape index (κ2) is 6.85. The summed E-state index contributed by atoms with van der Waals surface area (Å²) < 4.78 is 27.7. The van der Waals surface area contributed by atoms with Crippen LogP contribution in [0.3, 0.4) is 0 Å². The number of benzene rings is 1. The van der Waals surface area contributed by atoms with Gasteiger partial charge in [-0.05, 0) is 43.4 Å². The van der Waals surface area contributed by atoms with E-state index in [1.807, 2.05) is 13.0 Å². The quantitative estimate of drug-likeness (QED) is 0.816. The predicted molar refractivity (Wildman–Crippen MR) is 88.6 cm³/mol. The summed E-state index contributed by atoms with van der Waals surface area (Å²) in [5.74, 6) is 0.204. The van der Waals surface area contributed by atoms with Crippen LogP contribution in [0.25, 0.3) is 0 Å². The van der Waals surface area contributed by atoms with Crippen LogP contribution in [0.5, 0.6) is 0 Å². The Kier molecular flexibility index (Phi) is 5.35. The normalized spacial score (nSPS) is 18.3. The van der Waals surface area contributed by atoms with Crippen LogP contribution in [0.2, 0.25) is 0 Å². The molecule has 0 radical (unpaired) electrons. The Labute approximate surface area is 132 Å². The van der Waals surface area contributed by atoms with E-state index in [0.29, 0.717) is 0 Å². The fourth-order valence-corrected chi connectivity index (χ4v) is 4.59. The van der Waals surface area contributed by atoms with Gasteiger partial charge in [-0.2, -0.15) is 0 Å². The van der Waals surface area contributed by atoms with Gasteiger partial charge in [0.1, 0.15) is 0 Å². The largest absolute Gasteiger partial charge is 0.392 e. The molecule has 1 aromatic carbocycles. The third kappa shape index (κ3) is 4.25. The van der Waals surface area contributed by atoms with E-state index < -0.39 is 16.1 Å². The lowest BCUT2D eigenvalue weighted by molar-refractivity contribution is 0.330. The van der Waals surface area contributed by atoms with Crippen LogP contribution in [-0.4, -0.2) is 19.4 Å². The van der Waals surface area contributed by atoms with Crippen molar-refractivity contribution in [2.75, 3.05) is 0 Å². The zero-order valence-corrected chi connectivity index (χ0v) is 13.8. The fraction of sp³-hybridized carbons (Fsp3) is 0.533. The van der Waals surface area contributed by atoms with Crippen LogP contribution in [0.1, 0.15) is 37.7 Å². The Bertz CT molecular complexity index is 608. The van der Waals surface area contributed by atoms with Crippen molar-refractivity contribution in [2.45, 2.75) is 50.0 Å². The molecule has 0 heterocycles. The highest BCUT2D eigenvalue weighted by atomic mass is 32.2. The molecule has 116 valence electrons. The summed E-state index contributed by atoms with van der Waals surface area (Å²) in [4.78, 5) is 0.498. The standard InChI is InChI=1S/C15H22N2O2S2/c1-11-6-5-9-13(10-11)21(18,19)17-14(15(16)20)12-7-3-2-4-8-12/h5-6,9-10,12,14,17H,2-4,7-8H2,1H3,(H2,16,20). The molecule has 1 atom stereocenters. The lowest BCUT2D eigenvalue weighted by atomic mass is 9.84. The maximum absolute atomic E-state index is 12.5. The van der Waals surface area contributed by atoms with Crippen LogP contribution in [0, 0.1) is 12.8 Å². The highest BCUT2D eigenvalue weighted by molar-refractivity contribution is 7.89. The van der Waals surface area contributed by atoms with E-state index in [9.17, 15) is 8.42 Å². The van der Waals surface area contributed by atoms with E-state index in [4.69, 9.17) is 18.0 Å². The summed E-state index contributed by atoms with van der Waals surface area (Å²) in [5, 5.41) is 0. The summed E-state index contributed by atoms with van der Waals surface area (Å²) in [6, 6.07) is 6.39. The highest BCUT2D eigenvalue weighted by Gasteiger charge is 2.30. The lowest BCUT2D eigenvalue weighted by Crippen LogP contribution is -2.48. The summed E-state index contributed by atoms with van der Waals surface area (Å²) in [6.45, 7) is 1.87. The van der Waals surface area contributed by atoms with Gasteiger partial charge in [0.05, 0.1) is 15.9 Å². The molecule has 1 fully saturated rings. The monoisotopic (exact) mass is 326 g/mol. The number of hydrogen-bond donors (Lipinski definition) is 2. The van der Waals surface area contributed by atoms with Gasteiger partial charge in [-0.1, -0.05) is 43.6 Å². The number of nitrogens with two attached hydrogens (primary N) is 1. The van der Waals surface area contributed by atoms with E-state index in [2.05, 4.69) is 4.72 Å². The Morgan fingerprint density at radius 1 is 1.33 bits per heavy atom. The minimum Gasteiger partial charge on any atom is -0.392 e. The van der Waals surface area contributed by atoms with Crippen LogP contribution in [0.15, 0.2) is 29.2 Å². The van der Waals surface area contributed by atoms with Gasteiger partial charge < -0.3 is 5.73 Å². The molecule has 1 aliphatic carbocycles. The Morgan fingerprint density at radius 2 is 2.00 bits per heavy atom. The molecule has 21 heavy (non-hydrogen) atoms. The maximum Gasteiger partial charge on any atom is 0.241 e. The van der Waals surface area contributed by atoms with E-state index >= 15 is 0 Å². The lowest BCUT2D eigenvalue weighted by Gasteiger charge is -2.30. The first-order chi connectivity index (χ1) is 9.90. The molecule has 0 aliphatic heterocycles. The van der Waals surface area contributed by atoms with E-state index in [1.165, 1.54) is 6.42 Å². The second-order valence-electron chi connectivity index (χ2n) is 5.72. The molecule has 1 aromatic rings. The van der Waals surface area contributed by atoms with Gasteiger partial charge in [0.2, 0.25) is 10.0 Å². The molecule has 1 saturated carbocycles. The molecule has 3 N–H and O–H groups in total. The number of rotatable bonds is 5. The van der Waals surface area contributed by atoms with E-state index in [-0.39, 0.29) is 15.8 Å². The zero-order chi connectivity index (χ0) is 15.5. The molecule has 0 amide bonds. The van der Waals surface area contributed by atoms with Gasteiger partial charge in [-0.25, -0.2) is 13.1 Å². The van der Waals surface area contributed by atoms with Crippen LogP contribution in [0.4, 0.5) is 0 Å². The van der Waals surface area contributed by atoms with Crippen molar-refractivity contribution in [3.63, 3.8) is 0 Å². The van der Waals surface area contributed by atoms with Crippen molar-refractivity contribution in [1.29, 1.82) is 0 Å². The van der Waals surface area contributed by atoms with E-state index in [1.54, 1.807) is 18.2 Å². The topological polar surface area (TPSA) is 72.2 Å². The Balaban J connectivity index is 2.21. The van der Waals surface area contributed by atoms with Crippen molar-refractivity contribution < 1.29 is 8.42 Å². The van der Waals surface area contributed by atoms with Crippen LogP contribution < -0.4 is 10.5 Å². The fourth-order valence-electron chi connectivity index (χ4n) is 2.87. The minimum atomic E-state index is -3.59. The van der Waals surface area contributed by atoms with Crippen molar-refractivity contribution in [3.8, 4) is 0 Å². The molecule has 1 aliphatic rings. The number of aryl methyl sites for hydroxylation is 1. The SMILES string of the molecule is Cc1cccc(S(=O)(=O)NC(C(N)=S)C2CCCCC2)c1. The van der Waals surface area contributed by atoms with Crippen LogP contribution >= 0.6 is 12.2 Å². The molecule has 0 aromatic heterocycles. The van der Waals surface area contributed by atoms with Gasteiger partial charge >= 0.3 is 0 Å². The molecule has 6 heteroatoms. The number of nitrogens with one attached hydrogen (secondary N) is 1. The molecular weight excluding hydrogens is 304 g/mol. The van der Waals surface area contributed by atoms with Gasteiger partial charge in [0, 0.05) is 0 Å². The van der Waals surface area contributed by atoms with Gasteiger partial charge in [-0.15, -0.1) is 0 Å². The third-order valence-electron chi connectivity index (χ3n) is 4.01. The molecule has 0 spiro atoms. The molecular formula is C15H22N2O2S2. The average Bonchev–Trinajstić information content (AvgIpc) is 2.45. The molecule has 0 saturated heterocycles. The van der Waals surface area contributed by atoms with E-state index in [0.717, 1.165) is 31.2 Å². The maximum atomic E-state index is 12.5.